The van der Waals surface area contributed by atoms with Gasteiger partial charge in [-0.2, -0.15) is 13.2 Å². The van der Waals surface area contributed by atoms with Crippen LogP contribution < -0.4 is 4.90 Å². The number of aliphatic imine (C=N–C) groups is 1. The Morgan fingerprint density at radius 3 is 2.50 bits per heavy atom. The average Bonchev–Trinajstić information content (AvgIpc) is 3.29. The third kappa shape index (κ3) is 4.41. The highest BCUT2D eigenvalue weighted by molar-refractivity contribution is 8.19. The molecule has 0 atom stereocenters. The van der Waals surface area contributed by atoms with E-state index in [0.29, 0.717) is 23.2 Å². The van der Waals surface area contributed by atoms with Crippen molar-refractivity contribution in [1.82, 2.24) is 4.90 Å². The van der Waals surface area contributed by atoms with Gasteiger partial charge in [-0.05, 0) is 55.4 Å². The molecular formula is C23H22F3N3OS2. The minimum atomic E-state index is -4.45. The van der Waals surface area contributed by atoms with Crippen molar-refractivity contribution in [2.24, 2.45) is 4.99 Å². The topological polar surface area (TPSA) is 35.9 Å². The number of halogens is 3. The number of thioether (sulfide) groups is 2. The number of amides is 1. The minimum absolute atomic E-state index is 0.150. The van der Waals surface area contributed by atoms with Crippen molar-refractivity contribution in [3.05, 3.63) is 64.0 Å². The van der Waals surface area contributed by atoms with E-state index in [4.69, 9.17) is 0 Å². The molecule has 0 saturated carbocycles. The van der Waals surface area contributed by atoms with Crippen LogP contribution in [-0.2, 0) is 11.0 Å². The van der Waals surface area contributed by atoms with E-state index in [-0.39, 0.29) is 11.6 Å². The Morgan fingerprint density at radius 1 is 1.00 bits per heavy atom. The quantitative estimate of drug-likeness (QED) is 0.440. The summed E-state index contributed by atoms with van der Waals surface area (Å²) in [6.45, 7) is 5.23. The number of hydrogen-bond donors (Lipinski definition) is 0. The van der Waals surface area contributed by atoms with Crippen molar-refractivity contribution in [3.63, 3.8) is 0 Å². The molecule has 2 aromatic carbocycles. The molecular weight excluding hydrogens is 455 g/mol. The zero-order chi connectivity index (χ0) is 22.9. The lowest BCUT2D eigenvalue weighted by atomic mass is 10.2. The molecule has 0 unspecified atom stereocenters. The molecule has 0 spiro atoms. The number of amidine groups is 1. The van der Waals surface area contributed by atoms with Crippen molar-refractivity contribution < 1.29 is 18.0 Å². The summed E-state index contributed by atoms with van der Waals surface area (Å²) in [6.07, 6.45) is -2.78. The number of fused-ring (bicyclic) bond motifs is 1. The molecule has 2 aliphatic heterocycles. The van der Waals surface area contributed by atoms with Crippen molar-refractivity contribution >= 4 is 46.0 Å². The lowest BCUT2D eigenvalue weighted by molar-refractivity contribution is -0.137. The first-order valence-corrected chi connectivity index (χ1v) is 12.0. The first-order valence-electron chi connectivity index (χ1n) is 10.4. The van der Waals surface area contributed by atoms with Crippen molar-refractivity contribution in [2.75, 3.05) is 18.0 Å². The Morgan fingerprint density at radius 2 is 1.78 bits per heavy atom. The van der Waals surface area contributed by atoms with Gasteiger partial charge < -0.3 is 4.90 Å². The van der Waals surface area contributed by atoms with E-state index in [1.165, 1.54) is 23.9 Å². The summed E-state index contributed by atoms with van der Waals surface area (Å²) in [4.78, 5) is 23.2. The van der Waals surface area contributed by atoms with Crippen molar-refractivity contribution in [3.8, 4) is 0 Å². The molecule has 1 fully saturated rings. The second kappa shape index (κ2) is 9.23. The highest BCUT2D eigenvalue weighted by Crippen LogP contribution is 2.50. The molecule has 0 N–H and O–H groups in total. The van der Waals surface area contributed by atoms with Gasteiger partial charge in [-0.1, -0.05) is 43.3 Å². The fourth-order valence-electron chi connectivity index (χ4n) is 3.51. The number of anilines is 1. The largest absolute Gasteiger partial charge is 0.416 e. The van der Waals surface area contributed by atoms with Crippen LogP contribution in [0.15, 0.2) is 68.4 Å². The SMILES string of the molecule is CCCCN1C(=O)C(=C2Sc3ccccc3N2CC)SC1=Nc1cccc(C(F)(F)F)c1. The number of hydrogen-bond acceptors (Lipinski definition) is 5. The number of carbonyl (C=O) groups is 1. The van der Waals surface area contributed by atoms with Gasteiger partial charge >= 0.3 is 6.18 Å². The van der Waals surface area contributed by atoms with E-state index < -0.39 is 11.7 Å². The number of rotatable bonds is 5. The molecule has 4 rings (SSSR count). The Balaban J connectivity index is 1.74. The molecule has 2 heterocycles. The third-order valence-corrected chi connectivity index (χ3v) is 7.49. The highest BCUT2D eigenvalue weighted by Gasteiger charge is 2.39. The van der Waals surface area contributed by atoms with Crippen LogP contribution in [0.4, 0.5) is 24.5 Å². The molecule has 9 heteroatoms. The summed E-state index contributed by atoms with van der Waals surface area (Å²) in [5, 5.41) is 1.26. The second-order valence-corrected chi connectivity index (χ2v) is 9.31. The lowest BCUT2D eigenvalue weighted by Crippen LogP contribution is -2.30. The van der Waals surface area contributed by atoms with Gasteiger partial charge in [0.1, 0.15) is 9.93 Å². The Hall–Kier alpha value is -2.39. The van der Waals surface area contributed by atoms with Crippen LogP contribution in [0.1, 0.15) is 32.3 Å². The van der Waals surface area contributed by atoms with Crippen LogP contribution in [0.5, 0.6) is 0 Å². The highest BCUT2D eigenvalue weighted by atomic mass is 32.2. The summed E-state index contributed by atoms with van der Waals surface area (Å²) in [5.41, 5.74) is 0.475. The first-order chi connectivity index (χ1) is 15.3. The summed E-state index contributed by atoms with van der Waals surface area (Å²) < 4.78 is 39.4. The average molecular weight is 478 g/mol. The number of alkyl halides is 3. The zero-order valence-corrected chi connectivity index (χ0v) is 19.3. The first kappa shape index (κ1) is 22.8. The Labute approximate surface area is 193 Å². The maximum Gasteiger partial charge on any atom is 0.416 e. The van der Waals surface area contributed by atoms with E-state index in [0.717, 1.165) is 40.6 Å². The van der Waals surface area contributed by atoms with Crippen LogP contribution in [-0.4, -0.2) is 29.1 Å². The monoisotopic (exact) mass is 477 g/mol. The molecule has 0 radical (unpaired) electrons. The third-order valence-electron chi connectivity index (χ3n) is 5.12. The lowest BCUT2D eigenvalue weighted by Gasteiger charge is -2.19. The molecule has 32 heavy (non-hydrogen) atoms. The van der Waals surface area contributed by atoms with Crippen LogP contribution in [0.2, 0.25) is 0 Å². The van der Waals surface area contributed by atoms with Crippen molar-refractivity contribution in [1.29, 1.82) is 0 Å². The number of benzene rings is 2. The molecule has 2 aliphatic rings. The summed E-state index contributed by atoms with van der Waals surface area (Å²) >= 11 is 2.78. The van der Waals surface area contributed by atoms with E-state index in [2.05, 4.69) is 9.89 Å². The van der Waals surface area contributed by atoms with Gasteiger partial charge in [0.05, 0.1) is 16.9 Å². The summed E-state index contributed by atoms with van der Waals surface area (Å²) in [6, 6.07) is 12.9. The second-order valence-electron chi connectivity index (χ2n) is 7.30. The van der Waals surface area contributed by atoms with Crippen LogP contribution >= 0.6 is 23.5 Å². The zero-order valence-electron chi connectivity index (χ0n) is 17.6. The van der Waals surface area contributed by atoms with Gasteiger partial charge in [0, 0.05) is 18.0 Å². The normalized spacial score (nSPS) is 19.9. The standard InChI is InChI=1S/C23H22F3N3OS2/c1-3-5-13-29-20(30)19(21-28(4-2)17-11-6-7-12-18(17)31-21)32-22(29)27-16-10-8-9-15(14-16)23(24,25)26/h6-12,14H,3-5,13H2,1-2H3. The Bertz CT molecular complexity index is 1100. The van der Waals surface area contributed by atoms with Crippen LogP contribution in [0, 0.1) is 0 Å². The number of nitrogens with zero attached hydrogens (tertiary/aromatic N) is 3. The fraction of sp³-hybridized carbons (Fsp3) is 0.304. The molecule has 1 saturated heterocycles. The maximum atomic E-state index is 13.4. The van der Waals surface area contributed by atoms with Gasteiger partial charge in [0.15, 0.2) is 5.17 Å². The predicted molar refractivity (Wildman–Crippen MR) is 125 cm³/mol. The number of unbranched alkanes of at least 4 members (excludes halogenated alkanes) is 1. The summed E-state index contributed by atoms with van der Waals surface area (Å²) in [5.74, 6) is -0.150. The molecule has 0 bridgehead atoms. The van der Waals surface area contributed by atoms with Crippen molar-refractivity contribution in [2.45, 2.75) is 37.8 Å². The van der Waals surface area contributed by atoms with Crippen LogP contribution in [0.3, 0.4) is 0 Å². The van der Waals surface area contributed by atoms with Gasteiger partial charge in [-0.15, -0.1) is 0 Å². The van der Waals surface area contributed by atoms with E-state index >= 15 is 0 Å². The molecule has 0 aliphatic carbocycles. The molecule has 168 valence electrons. The minimum Gasteiger partial charge on any atom is -0.334 e. The van der Waals surface area contributed by atoms with E-state index in [9.17, 15) is 18.0 Å². The maximum absolute atomic E-state index is 13.4. The molecule has 1 amide bonds. The molecule has 0 aromatic heterocycles. The van der Waals surface area contributed by atoms with Gasteiger partial charge in [-0.3, -0.25) is 9.69 Å². The smallest absolute Gasteiger partial charge is 0.334 e. The van der Waals surface area contributed by atoms with E-state index in [1.54, 1.807) is 16.7 Å². The fourth-order valence-corrected chi connectivity index (χ4v) is 5.93. The van der Waals surface area contributed by atoms with Gasteiger partial charge in [0.25, 0.3) is 5.91 Å². The predicted octanol–water partition coefficient (Wildman–Crippen LogP) is 6.87. The van der Waals surface area contributed by atoms with Gasteiger partial charge in [-0.25, -0.2) is 4.99 Å². The van der Waals surface area contributed by atoms with E-state index in [1.807, 2.05) is 38.1 Å². The van der Waals surface area contributed by atoms with Gasteiger partial charge in [0.2, 0.25) is 0 Å². The Kier molecular flexibility index (Phi) is 6.57. The number of carbonyl (C=O) groups excluding carboxylic acids is 1. The van der Waals surface area contributed by atoms with Crippen LogP contribution in [0.25, 0.3) is 0 Å². The molecule has 2 aromatic rings. The summed E-state index contributed by atoms with van der Waals surface area (Å²) in [7, 11) is 0. The molecule has 4 nitrogen and oxygen atoms in total. The number of para-hydroxylation sites is 1.